The van der Waals surface area contributed by atoms with Gasteiger partial charge < -0.3 is 20.3 Å². The zero-order valence-electron chi connectivity index (χ0n) is 9.30. The van der Waals surface area contributed by atoms with E-state index < -0.39 is 11.9 Å². The molecule has 0 aliphatic carbocycles. The monoisotopic (exact) mass is 239 g/mol. The summed E-state index contributed by atoms with van der Waals surface area (Å²) in [5.74, 6) is -1.22. The molecular weight excluding hydrogens is 226 g/mol. The van der Waals surface area contributed by atoms with Gasteiger partial charge in [-0.15, -0.1) is 0 Å². The lowest BCUT2D eigenvalue weighted by molar-refractivity contribution is -0.137. The molecule has 0 heterocycles. The molecule has 0 radical (unpaired) electrons. The fourth-order valence-corrected chi connectivity index (χ4v) is 1.15. The number of carbonyl (C=O) groups excluding carboxylic acids is 1. The molecule has 1 aromatic carbocycles. The summed E-state index contributed by atoms with van der Waals surface area (Å²) < 4.78 is 9.71. The van der Waals surface area contributed by atoms with Crippen LogP contribution in [0, 0.1) is 0 Å². The average molecular weight is 239 g/mol. The van der Waals surface area contributed by atoms with Gasteiger partial charge in [0, 0.05) is 5.69 Å². The number of ether oxygens (including phenoxy) is 2. The Balaban J connectivity index is 2.70. The summed E-state index contributed by atoms with van der Waals surface area (Å²) in [7, 11) is 1.46. The maximum Gasteiger partial charge on any atom is 0.340 e. The zero-order chi connectivity index (χ0) is 12.8. The minimum atomic E-state index is -1.03. The third-order valence-corrected chi connectivity index (χ3v) is 2.03. The van der Waals surface area contributed by atoms with Crippen molar-refractivity contribution in [1.29, 1.82) is 0 Å². The van der Waals surface area contributed by atoms with Crippen molar-refractivity contribution in [3.63, 3.8) is 0 Å². The van der Waals surface area contributed by atoms with Crippen molar-refractivity contribution >= 4 is 17.6 Å². The minimum absolute atomic E-state index is 0.162. The molecule has 0 aliphatic heterocycles. The van der Waals surface area contributed by atoms with E-state index in [0.717, 1.165) is 0 Å². The van der Waals surface area contributed by atoms with Crippen LogP contribution >= 0.6 is 0 Å². The maximum atomic E-state index is 11.6. The van der Waals surface area contributed by atoms with E-state index in [1.54, 1.807) is 6.07 Å². The first-order chi connectivity index (χ1) is 8.04. The number of anilines is 1. The third-order valence-electron chi connectivity index (χ3n) is 2.03. The first-order valence-corrected chi connectivity index (χ1v) is 4.87. The number of carboxylic acids is 1. The van der Waals surface area contributed by atoms with Crippen molar-refractivity contribution in [2.45, 2.75) is 6.42 Å². The Morgan fingerprint density at radius 3 is 2.71 bits per heavy atom. The molecular formula is C11H13NO5. The minimum Gasteiger partial charge on any atom is -0.497 e. The fourth-order valence-electron chi connectivity index (χ4n) is 1.15. The Labute approximate surface area is 97.9 Å². The second-order valence-corrected chi connectivity index (χ2v) is 3.23. The molecule has 0 atom stereocenters. The topological polar surface area (TPSA) is 98.9 Å². The van der Waals surface area contributed by atoms with Crippen LogP contribution in [0.5, 0.6) is 5.75 Å². The van der Waals surface area contributed by atoms with Crippen molar-refractivity contribution < 1.29 is 24.2 Å². The summed E-state index contributed by atoms with van der Waals surface area (Å²) in [6, 6.07) is 4.58. The summed E-state index contributed by atoms with van der Waals surface area (Å²) in [6.45, 7) is -0.190. The van der Waals surface area contributed by atoms with E-state index in [9.17, 15) is 9.59 Å². The number of nitrogens with two attached hydrogens (primary N) is 1. The molecule has 0 aromatic heterocycles. The predicted octanol–water partition coefficient (Wildman–Crippen LogP) is 0.909. The predicted molar refractivity (Wildman–Crippen MR) is 59.9 cm³/mol. The molecule has 0 fully saturated rings. The Hall–Kier alpha value is -2.24. The van der Waals surface area contributed by atoms with Crippen molar-refractivity contribution in [1.82, 2.24) is 0 Å². The smallest absolute Gasteiger partial charge is 0.340 e. The number of rotatable bonds is 5. The zero-order valence-corrected chi connectivity index (χ0v) is 9.30. The van der Waals surface area contributed by atoms with Crippen LogP contribution in [-0.4, -0.2) is 30.8 Å². The van der Waals surface area contributed by atoms with Crippen LogP contribution < -0.4 is 10.5 Å². The Morgan fingerprint density at radius 1 is 1.41 bits per heavy atom. The van der Waals surface area contributed by atoms with Gasteiger partial charge in [-0.25, -0.2) is 4.79 Å². The Kier molecular flexibility index (Phi) is 4.33. The van der Waals surface area contributed by atoms with E-state index >= 15 is 0 Å². The molecule has 1 aromatic rings. The number of methoxy groups -OCH3 is 1. The fraction of sp³-hybridized carbons (Fsp3) is 0.273. The highest BCUT2D eigenvalue weighted by atomic mass is 16.5. The molecule has 0 saturated carbocycles. The van der Waals surface area contributed by atoms with Crippen LogP contribution in [0.1, 0.15) is 16.8 Å². The molecule has 6 nitrogen and oxygen atoms in total. The summed E-state index contributed by atoms with van der Waals surface area (Å²) in [5, 5.41) is 8.40. The molecule has 1 rings (SSSR count). The van der Waals surface area contributed by atoms with Gasteiger partial charge in [0.2, 0.25) is 0 Å². The Morgan fingerprint density at radius 2 is 2.12 bits per heavy atom. The Bertz CT molecular complexity index is 430. The quantitative estimate of drug-likeness (QED) is 0.585. The molecule has 6 heteroatoms. The molecule has 17 heavy (non-hydrogen) atoms. The highest BCUT2D eigenvalue weighted by Gasteiger charge is 2.13. The largest absolute Gasteiger partial charge is 0.497 e. The molecule has 0 bridgehead atoms. The first kappa shape index (κ1) is 12.8. The number of nitrogen functional groups attached to an aromatic ring is 1. The van der Waals surface area contributed by atoms with Gasteiger partial charge in [0.1, 0.15) is 12.4 Å². The van der Waals surface area contributed by atoms with E-state index in [4.69, 9.17) is 20.3 Å². The number of esters is 1. The number of carboxylic acid groups (broad SMARTS) is 1. The molecule has 0 saturated heterocycles. The van der Waals surface area contributed by atoms with Crippen LogP contribution in [-0.2, 0) is 9.53 Å². The number of hydrogen-bond donors (Lipinski definition) is 2. The third kappa shape index (κ3) is 3.67. The van der Waals surface area contributed by atoms with Crippen LogP contribution in [0.4, 0.5) is 5.69 Å². The van der Waals surface area contributed by atoms with E-state index in [0.29, 0.717) is 5.75 Å². The number of aliphatic carboxylic acids is 1. The van der Waals surface area contributed by atoms with E-state index in [1.807, 2.05) is 0 Å². The SMILES string of the molecule is COc1ccc(N)c(C(=O)OCCC(=O)O)c1. The molecule has 92 valence electrons. The summed E-state index contributed by atoms with van der Waals surface area (Å²) >= 11 is 0. The molecule has 0 spiro atoms. The summed E-state index contributed by atoms with van der Waals surface area (Å²) in [5.41, 5.74) is 6.02. The van der Waals surface area contributed by atoms with Gasteiger partial charge >= 0.3 is 11.9 Å². The standard InChI is InChI=1S/C11H13NO5/c1-16-7-2-3-9(12)8(6-7)11(15)17-5-4-10(13)14/h2-3,6H,4-5,12H2,1H3,(H,13,14). The van der Waals surface area contributed by atoms with Gasteiger partial charge in [0.05, 0.1) is 19.1 Å². The second kappa shape index (κ2) is 5.74. The van der Waals surface area contributed by atoms with Crippen molar-refractivity contribution in [3.8, 4) is 5.75 Å². The van der Waals surface area contributed by atoms with Crippen LogP contribution in [0.2, 0.25) is 0 Å². The van der Waals surface area contributed by atoms with Crippen LogP contribution in [0.3, 0.4) is 0 Å². The molecule has 0 amide bonds. The van der Waals surface area contributed by atoms with Gasteiger partial charge in [-0.3, -0.25) is 4.79 Å². The van der Waals surface area contributed by atoms with Crippen LogP contribution in [0.25, 0.3) is 0 Å². The van der Waals surface area contributed by atoms with Crippen molar-refractivity contribution in [3.05, 3.63) is 23.8 Å². The summed E-state index contributed by atoms with van der Waals surface area (Å²) in [6.07, 6.45) is -0.240. The average Bonchev–Trinajstić information content (AvgIpc) is 2.29. The van der Waals surface area contributed by atoms with Gasteiger partial charge in [-0.2, -0.15) is 0 Å². The van der Waals surface area contributed by atoms with Gasteiger partial charge in [-0.05, 0) is 18.2 Å². The number of hydrogen-bond acceptors (Lipinski definition) is 5. The van der Waals surface area contributed by atoms with Crippen molar-refractivity contribution in [2.75, 3.05) is 19.5 Å². The number of benzene rings is 1. The lowest BCUT2D eigenvalue weighted by Crippen LogP contribution is -2.11. The normalized spacial score (nSPS) is 9.71. The van der Waals surface area contributed by atoms with Gasteiger partial charge in [-0.1, -0.05) is 0 Å². The molecule has 3 N–H and O–H groups in total. The lowest BCUT2D eigenvalue weighted by atomic mass is 10.2. The van der Waals surface area contributed by atoms with Gasteiger partial charge in [0.15, 0.2) is 0 Å². The van der Waals surface area contributed by atoms with Crippen molar-refractivity contribution in [2.24, 2.45) is 0 Å². The summed E-state index contributed by atoms with van der Waals surface area (Å²) in [4.78, 5) is 21.8. The first-order valence-electron chi connectivity index (χ1n) is 4.87. The lowest BCUT2D eigenvalue weighted by Gasteiger charge is -2.07. The second-order valence-electron chi connectivity index (χ2n) is 3.23. The van der Waals surface area contributed by atoms with Crippen LogP contribution in [0.15, 0.2) is 18.2 Å². The van der Waals surface area contributed by atoms with E-state index in [-0.39, 0.29) is 24.3 Å². The highest BCUT2D eigenvalue weighted by Crippen LogP contribution is 2.20. The number of carbonyl (C=O) groups is 2. The maximum absolute atomic E-state index is 11.6. The van der Waals surface area contributed by atoms with E-state index in [1.165, 1.54) is 19.2 Å². The molecule has 0 aliphatic rings. The molecule has 0 unspecified atom stereocenters. The highest BCUT2D eigenvalue weighted by molar-refractivity contribution is 5.95. The van der Waals surface area contributed by atoms with E-state index in [2.05, 4.69) is 0 Å². The van der Waals surface area contributed by atoms with Gasteiger partial charge in [0.25, 0.3) is 0 Å².